The molecular weight excluding hydrogens is 226 g/mol. The minimum atomic E-state index is -5.02. The maximum absolute atomic E-state index is 11.9. The molecule has 0 fully saturated rings. The van der Waals surface area contributed by atoms with Crippen molar-refractivity contribution in [3.05, 3.63) is 24.3 Å². The number of hydrogen-bond donors (Lipinski definition) is 3. The van der Waals surface area contributed by atoms with Gasteiger partial charge < -0.3 is 15.4 Å². The molecule has 3 N–H and O–H groups in total. The third-order valence-corrected chi connectivity index (χ3v) is 1.74. The lowest BCUT2D eigenvalue weighted by Crippen LogP contribution is -2.37. The third kappa shape index (κ3) is 2.98. The summed E-state index contributed by atoms with van der Waals surface area (Å²) < 4.78 is 35.8. The van der Waals surface area contributed by atoms with Crippen LogP contribution in [0, 0.1) is 0 Å². The second-order valence-corrected chi connectivity index (χ2v) is 2.91. The molecule has 1 amide bonds. The number of anilines is 1. The number of nitrogens with one attached hydrogen (secondary N) is 1. The number of benzene rings is 1. The molecule has 1 rings (SSSR count). The van der Waals surface area contributed by atoms with Gasteiger partial charge in [0.1, 0.15) is 0 Å². The summed E-state index contributed by atoms with van der Waals surface area (Å²) in [5, 5.41) is 19.2. The number of para-hydroxylation sites is 1. The maximum Gasteiger partial charge on any atom is 0.490 e. The van der Waals surface area contributed by atoms with Gasteiger partial charge in [0.25, 0.3) is 0 Å². The van der Waals surface area contributed by atoms with Crippen molar-refractivity contribution in [2.75, 3.05) is 5.32 Å². The van der Waals surface area contributed by atoms with Gasteiger partial charge in [0.05, 0.1) is 0 Å². The molecular formula is C8H7BF3NO3. The number of hydrogen-bond acceptors (Lipinski definition) is 3. The molecule has 1 aromatic carbocycles. The Labute approximate surface area is 88.9 Å². The molecule has 0 saturated carbocycles. The Kier molecular flexibility index (Phi) is 3.56. The number of alkyl halides is 3. The van der Waals surface area contributed by atoms with E-state index in [1.165, 1.54) is 18.2 Å². The van der Waals surface area contributed by atoms with Gasteiger partial charge in [-0.15, -0.1) is 0 Å². The lowest BCUT2D eigenvalue weighted by molar-refractivity contribution is -0.167. The Bertz CT molecular complexity index is 394. The fourth-order valence-electron chi connectivity index (χ4n) is 1.03. The van der Waals surface area contributed by atoms with Gasteiger partial charge in [-0.2, -0.15) is 13.2 Å². The molecule has 0 unspecified atom stereocenters. The summed E-state index contributed by atoms with van der Waals surface area (Å²) in [6.45, 7) is 0. The summed E-state index contributed by atoms with van der Waals surface area (Å²) in [6.07, 6.45) is -5.02. The van der Waals surface area contributed by atoms with Crippen molar-refractivity contribution in [2.24, 2.45) is 0 Å². The second-order valence-electron chi connectivity index (χ2n) is 2.91. The molecule has 0 spiro atoms. The van der Waals surface area contributed by atoms with E-state index in [1.54, 1.807) is 5.32 Å². The molecule has 0 aliphatic carbocycles. The molecule has 0 atom stereocenters. The molecule has 1 aromatic rings. The number of rotatable bonds is 2. The Morgan fingerprint density at radius 2 is 1.81 bits per heavy atom. The van der Waals surface area contributed by atoms with Crippen LogP contribution in [0.5, 0.6) is 0 Å². The van der Waals surface area contributed by atoms with Crippen molar-refractivity contribution in [1.82, 2.24) is 0 Å². The van der Waals surface area contributed by atoms with E-state index in [2.05, 4.69) is 0 Å². The Balaban J connectivity index is 2.94. The molecule has 16 heavy (non-hydrogen) atoms. The smallest absolute Gasteiger partial charge is 0.423 e. The van der Waals surface area contributed by atoms with E-state index in [-0.39, 0.29) is 11.2 Å². The Hall–Kier alpha value is -1.54. The summed E-state index contributed by atoms with van der Waals surface area (Å²) >= 11 is 0. The van der Waals surface area contributed by atoms with Crippen LogP contribution in [0.25, 0.3) is 0 Å². The molecule has 0 radical (unpaired) electrons. The maximum atomic E-state index is 11.9. The third-order valence-electron chi connectivity index (χ3n) is 1.74. The zero-order chi connectivity index (χ0) is 12.3. The first kappa shape index (κ1) is 12.5. The normalized spacial score (nSPS) is 11.1. The van der Waals surface area contributed by atoms with E-state index < -0.39 is 19.2 Å². The first-order valence-corrected chi connectivity index (χ1v) is 4.15. The minimum Gasteiger partial charge on any atom is -0.423 e. The van der Waals surface area contributed by atoms with E-state index >= 15 is 0 Å². The quantitative estimate of drug-likeness (QED) is 0.623. The fraction of sp³-hybridized carbons (Fsp3) is 0.125. The van der Waals surface area contributed by atoms with Crippen LogP contribution in [0.3, 0.4) is 0 Å². The lowest BCUT2D eigenvalue weighted by atomic mass is 9.79. The molecule has 0 bridgehead atoms. The van der Waals surface area contributed by atoms with E-state index in [9.17, 15) is 18.0 Å². The highest BCUT2D eigenvalue weighted by atomic mass is 19.4. The second kappa shape index (κ2) is 4.54. The zero-order valence-electron chi connectivity index (χ0n) is 7.82. The average Bonchev–Trinajstić information content (AvgIpc) is 2.16. The summed E-state index contributed by atoms with van der Waals surface area (Å²) in [7, 11) is -1.95. The number of carbonyl (C=O) groups excluding carboxylic acids is 1. The molecule has 0 aliphatic rings. The van der Waals surface area contributed by atoms with Crippen LogP contribution in [-0.2, 0) is 4.79 Å². The molecule has 0 aliphatic heterocycles. The summed E-state index contributed by atoms with van der Waals surface area (Å²) in [6, 6.07) is 5.09. The largest absolute Gasteiger partial charge is 0.490 e. The van der Waals surface area contributed by atoms with Gasteiger partial charge in [0.15, 0.2) is 0 Å². The summed E-state index contributed by atoms with van der Waals surface area (Å²) in [5.74, 6) is -2.17. The van der Waals surface area contributed by atoms with Crippen LogP contribution in [-0.4, -0.2) is 29.2 Å². The van der Waals surface area contributed by atoms with Crippen LogP contribution < -0.4 is 10.8 Å². The predicted octanol–water partition coefficient (Wildman–Crippen LogP) is -0.133. The zero-order valence-corrected chi connectivity index (χ0v) is 7.82. The standard InChI is InChI=1S/C8H7BF3NO3/c10-8(11,12)7(14)13-6-4-2-1-3-5(6)9(15)16/h1-4,15-16H,(H,13,14). The van der Waals surface area contributed by atoms with E-state index in [1.807, 2.05) is 0 Å². The van der Waals surface area contributed by atoms with Gasteiger partial charge in [-0.25, -0.2) is 0 Å². The number of amides is 1. The highest BCUT2D eigenvalue weighted by molar-refractivity contribution is 6.60. The molecule has 4 nitrogen and oxygen atoms in total. The van der Waals surface area contributed by atoms with Gasteiger partial charge >= 0.3 is 19.2 Å². The van der Waals surface area contributed by atoms with E-state index in [0.717, 1.165) is 6.07 Å². The molecule has 0 aromatic heterocycles. The first-order valence-electron chi connectivity index (χ1n) is 4.15. The molecule has 86 valence electrons. The van der Waals surface area contributed by atoms with Crippen molar-refractivity contribution < 1.29 is 28.0 Å². The molecule has 0 saturated heterocycles. The highest BCUT2D eigenvalue weighted by Gasteiger charge is 2.39. The van der Waals surface area contributed by atoms with Gasteiger partial charge in [-0.1, -0.05) is 18.2 Å². The number of halogens is 3. The van der Waals surface area contributed by atoms with Gasteiger partial charge in [-0.05, 0) is 6.07 Å². The molecule has 0 heterocycles. The fourth-order valence-corrected chi connectivity index (χ4v) is 1.03. The monoisotopic (exact) mass is 233 g/mol. The van der Waals surface area contributed by atoms with Crippen LogP contribution >= 0.6 is 0 Å². The van der Waals surface area contributed by atoms with Crippen molar-refractivity contribution >= 4 is 24.2 Å². The highest BCUT2D eigenvalue weighted by Crippen LogP contribution is 2.17. The van der Waals surface area contributed by atoms with Crippen molar-refractivity contribution in [3.8, 4) is 0 Å². The first-order chi connectivity index (χ1) is 7.32. The summed E-state index contributed by atoms with van der Waals surface area (Å²) in [4.78, 5) is 10.6. The van der Waals surface area contributed by atoms with Crippen molar-refractivity contribution in [2.45, 2.75) is 6.18 Å². The lowest BCUT2D eigenvalue weighted by Gasteiger charge is -2.11. The van der Waals surface area contributed by atoms with Crippen molar-refractivity contribution in [1.29, 1.82) is 0 Å². The molecule has 8 heteroatoms. The van der Waals surface area contributed by atoms with Crippen LogP contribution in [0.15, 0.2) is 24.3 Å². The SMILES string of the molecule is O=C(Nc1ccccc1B(O)O)C(F)(F)F. The van der Waals surface area contributed by atoms with E-state index in [4.69, 9.17) is 10.0 Å². The Morgan fingerprint density at radius 1 is 1.25 bits per heavy atom. The van der Waals surface area contributed by atoms with Crippen LogP contribution in [0.2, 0.25) is 0 Å². The minimum absolute atomic E-state index is 0.208. The summed E-state index contributed by atoms with van der Waals surface area (Å²) in [5.41, 5.74) is -0.500. The Morgan fingerprint density at radius 3 is 2.31 bits per heavy atom. The van der Waals surface area contributed by atoms with Gasteiger partial charge in [-0.3, -0.25) is 4.79 Å². The van der Waals surface area contributed by atoms with Gasteiger partial charge in [0, 0.05) is 11.2 Å². The topological polar surface area (TPSA) is 69.6 Å². The van der Waals surface area contributed by atoms with Gasteiger partial charge in [0.2, 0.25) is 0 Å². The number of carbonyl (C=O) groups is 1. The average molecular weight is 233 g/mol. The predicted molar refractivity (Wildman–Crippen MR) is 51.0 cm³/mol. The van der Waals surface area contributed by atoms with Crippen LogP contribution in [0.1, 0.15) is 0 Å². The van der Waals surface area contributed by atoms with E-state index in [0.29, 0.717) is 0 Å². The van der Waals surface area contributed by atoms with Crippen molar-refractivity contribution in [3.63, 3.8) is 0 Å². The van der Waals surface area contributed by atoms with Crippen LogP contribution in [0.4, 0.5) is 18.9 Å².